The first-order valence-corrected chi connectivity index (χ1v) is 7.16. The predicted octanol–water partition coefficient (Wildman–Crippen LogP) is 3.29. The van der Waals surface area contributed by atoms with Gasteiger partial charge < -0.3 is 14.5 Å². The molecular formula is C17H17N3O2. The SMILES string of the molecule is CCOc1ccccc1NC(=O)c1ccn2cc(C)nc2c1. The second-order valence-corrected chi connectivity index (χ2v) is 4.95. The molecule has 5 nitrogen and oxygen atoms in total. The minimum Gasteiger partial charge on any atom is -0.492 e. The van der Waals surface area contributed by atoms with Gasteiger partial charge in [0.2, 0.25) is 0 Å². The van der Waals surface area contributed by atoms with E-state index in [1.807, 2.05) is 54.9 Å². The van der Waals surface area contributed by atoms with Crippen molar-refractivity contribution in [2.45, 2.75) is 13.8 Å². The molecule has 1 N–H and O–H groups in total. The van der Waals surface area contributed by atoms with Crippen LogP contribution in [0.4, 0.5) is 5.69 Å². The minimum atomic E-state index is -0.185. The van der Waals surface area contributed by atoms with Gasteiger partial charge in [0.1, 0.15) is 11.4 Å². The molecule has 0 bridgehead atoms. The Morgan fingerprint density at radius 3 is 2.95 bits per heavy atom. The van der Waals surface area contributed by atoms with E-state index in [0.29, 0.717) is 23.6 Å². The number of fused-ring (bicyclic) bond motifs is 1. The third-order valence-corrected chi connectivity index (χ3v) is 3.28. The molecule has 3 aromatic rings. The lowest BCUT2D eigenvalue weighted by Gasteiger charge is -2.11. The molecule has 1 aromatic carbocycles. The van der Waals surface area contributed by atoms with Crippen LogP contribution in [0.15, 0.2) is 48.8 Å². The third kappa shape index (κ3) is 2.79. The van der Waals surface area contributed by atoms with E-state index in [-0.39, 0.29) is 5.91 Å². The van der Waals surface area contributed by atoms with Gasteiger partial charge in [0.25, 0.3) is 5.91 Å². The molecule has 0 fully saturated rings. The van der Waals surface area contributed by atoms with Gasteiger partial charge in [-0.05, 0) is 38.1 Å². The number of para-hydroxylation sites is 2. The smallest absolute Gasteiger partial charge is 0.255 e. The quantitative estimate of drug-likeness (QED) is 0.803. The number of benzene rings is 1. The van der Waals surface area contributed by atoms with E-state index in [1.165, 1.54) is 0 Å². The molecular weight excluding hydrogens is 278 g/mol. The zero-order valence-electron chi connectivity index (χ0n) is 12.5. The zero-order valence-corrected chi connectivity index (χ0v) is 12.5. The molecule has 2 heterocycles. The maximum absolute atomic E-state index is 12.4. The zero-order chi connectivity index (χ0) is 15.5. The van der Waals surface area contributed by atoms with Gasteiger partial charge >= 0.3 is 0 Å². The lowest BCUT2D eigenvalue weighted by molar-refractivity contribution is 0.102. The van der Waals surface area contributed by atoms with Crippen LogP contribution in [-0.4, -0.2) is 21.9 Å². The number of hydrogen-bond donors (Lipinski definition) is 1. The van der Waals surface area contributed by atoms with Crippen LogP contribution in [-0.2, 0) is 0 Å². The Labute approximate surface area is 128 Å². The van der Waals surface area contributed by atoms with Gasteiger partial charge in [0, 0.05) is 18.0 Å². The summed E-state index contributed by atoms with van der Waals surface area (Å²) in [4.78, 5) is 16.8. The first-order valence-electron chi connectivity index (χ1n) is 7.16. The summed E-state index contributed by atoms with van der Waals surface area (Å²) in [5.41, 5.74) is 2.89. The molecule has 0 atom stereocenters. The van der Waals surface area contributed by atoms with Crippen LogP contribution in [0.25, 0.3) is 5.65 Å². The van der Waals surface area contributed by atoms with Gasteiger partial charge in [-0.1, -0.05) is 12.1 Å². The topological polar surface area (TPSA) is 55.6 Å². The van der Waals surface area contributed by atoms with Gasteiger partial charge in [-0.3, -0.25) is 4.79 Å². The summed E-state index contributed by atoms with van der Waals surface area (Å²) >= 11 is 0. The highest BCUT2D eigenvalue weighted by Gasteiger charge is 2.11. The van der Waals surface area contributed by atoms with Gasteiger partial charge in [-0.25, -0.2) is 4.98 Å². The van der Waals surface area contributed by atoms with E-state index in [4.69, 9.17) is 4.74 Å². The summed E-state index contributed by atoms with van der Waals surface area (Å²) in [5.74, 6) is 0.478. The number of aryl methyl sites for hydroxylation is 1. The van der Waals surface area contributed by atoms with E-state index in [9.17, 15) is 4.79 Å². The summed E-state index contributed by atoms with van der Waals surface area (Å²) in [6.45, 7) is 4.38. The lowest BCUT2D eigenvalue weighted by atomic mass is 10.2. The maximum atomic E-state index is 12.4. The Morgan fingerprint density at radius 2 is 2.14 bits per heavy atom. The number of carbonyl (C=O) groups excluding carboxylic acids is 1. The Bertz CT molecular complexity index is 824. The van der Waals surface area contributed by atoms with E-state index in [0.717, 1.165) is 11.3 Å². The van der Waals surface area contributed by atoms with Crippen LogP contribution in [0, 0.1) is 6.92 Å². The van der Waals surface area contributed by atoms with E-state index >= 15 is 0 Å². The molecule has 22 heavy (non-hydrogen) atoms. The van der Waals surface area contributed by atoms with Crippen molar-refractivity contribution in [1.29, 1.82) is 0 Å². The number of rotatable bonds is 4. The standard InChI is InChI=1S/C17H17N3O2/c1-3-22-15-7-5-4-6-14(15)19-17(21)13-8-9-20-11-12(2)18-16(20)10-13/h4-11H,3H2,1-2H3,(H,19,21). The Morgan fingerprint density at radius 1 is 1.32 bits per heavy atom. The molecule has 0 saturated carbocycles. The predicted molar refractivity (Wildman–Crippen MR) is 85.5 cm³/mol. The molecule has 0 aliphatic carbocycles. The number of nitrogens with one attached hydrogen (secondary N) is 1. The summed E-state index contributed by atoms with van der Waals surface area (Å²) in [5, 5.41) is 2.88. The van der Waals surface area contributed by atoms with Crippen LogP contribution in [0.3, 0.4) is 0 Å². The average Bonchev–Trinajstić information content (AvgIpc) is 2.88. The Balaban J connectivity index is 1.86. The van der Waals surface area contributed by atoms with Crippen molar-refractivity contribution in [3.8, 4) is 5.75 Å². The lowest BCUT2D eigenvalue weighted by Crippen LogP contribution is -2.13. The van der Waals surface area contributed by atoms with Crippen molar-refractivity contribution in [2.24, 2.45) is 0 Å². The molecule has 3 rings (SSSR count). The molecule has 0 radical (unpaired) electrons. The minimum absolute atomic E-state index is 0.185. The van der Waals surface area contributed by atoms with E-state index < -0.39 is 0 Å². The Kier molecular flexibility index (Phi) is 3.78. The molecule has 0 aliphatic heterocycles. The molecule has 112 valence electrons. The number of ether oxygens (including phenoxy) is 1. The molecule has 1 amide bonds. The summed E-state index contributed by atoms with van der Waals surface area (Å²) < 4.78 is 7.41. The highest BCUT2D eigenvalue weighted by molar-refractivity contribution is 6.05. The first kappa shape index (κ1) is 14.1. The van der Waals surface area contributed by atoms with Gasteiger partial charge in [-0.2, -0.15) is 0 Å². The second-order valence-electron chi connectivity index (χ2n) is 4.95. The number of imidazole rings is 1. The van der Waals surface area contributed by atoms with E-state index in [1.54, 1.807) is 12.1 Å². The number of anilines is 1. The number of hydrogen-bond acceptors (Lipinski definition) is 3. The van der Waals surface area contributed by atoms with Crippen molar-refractivity contribution >= 4 is 17.2 Å². The monoisotopic (exact) mass is 295 g/mol. The van der Waals surface area contributed by atoms with Gasteiger partial charge in [0.15, 0.2) is 0 Å². The normalized spacial score (nSPS) is 10.6. The maximum Gasteiger partial charge on any atom is 0.255 e. The molecule has 0 saturated heterocycles. The molecule has 0 spiro atoms. The Hall–Kier alpha value is -2.82. The van der Waals surface area contributed by atoms with Crippen molar-refractivity contribution in [3.05, 3.63) is 60.0 Å². The van der Waals surface area contributed by atoms with Crippen molar-refractivity contribution in [2.75, 3.05) is 11.9 Å². The number of pyridine rings is 1. The highest BCUT2D eigenvalue weighted by atomic mass is 16.5. The number of amides is 1. The molecule has 2 aromatic heterocycles. The second kappa shape index (κ2) is 5.89. The van der Waals surface area contributed by atoms with Crippen LogP contribution in [0.2, 0.25) is 0 Å². The number of carbonyl (C=O) groups is 1. The number of aromatic nitrogens is 2. The summed E-state index contributed by atoms with van der Waals surface area (Å²) in [6, 6.07) is 10.9. The number of nitrogens with zero attached hydrogens (tertiary/aromatic N) is 2. The molecule has 0 unspecified atom stereocenters. The summed E-state index contributed by atoms with van der Waals surface area (Å²) in [7, 11) is 0. The van der Waals surface area contributed by atoms with Crippen LogP contribution < -0.4 is 10.1 Å². The fourth-order valence-electron chi connectivity index (χ4n) is 2.30. The van der Waals surface area contributed by atoms with Crippen LogP contribution >= 0.6 is 0 Å². The largest absolute Gasteiger partial charge is 0.492 e. The average molecular weight is 295 g/mol. The summed E-state index contributed by atoms with van der Waals surface area (Å²) in [6.07, 6.45) is 3.75. The van der Waals surface area contributed by atoms with Crippen LogP contribution in [0.1, 0.15) is 23.0 Å². The fraction of sp³-hybridized carbons (Fsp3) is 0.176. The van der Waals surface area contributed by atoms with E-state index in [2.05, 4.69) is 10.3 Å². The molecule has 0 aliphatic rings. The highest BCUT2D eigenvalue weighted by Crippen LogP contribution is 2.24. The molecule has 5 heteroatoms. The fourth-order valence-corrected chi connectivity index (χ4v) is 2.30. The van der Waals surface area contributed by atoms with Crippen molar-refractivity contribution < 1.29 is 9.53 Å². The van der Waals surface area contributed by atoms with Crippen molar-refractivity contribution in [3.63, 3.8) is 0 Å². The first-order chi connectivity index (χ1) is 10.7. The third-order valence-electron chi connectivity index (χ3n) is 3.28. The van der Waals surface area contributed by atoms with Crippen LogP contribution in [0.5, 0.6) is 5.75 Å². The van der Waals surface area contributed by atoms with Crippen molar-refractivity contribution in [1.82, 2.24) is 9.38 Å². The van der Waals surface area contributed by atoms with Gasteiger partial charge in [-0.15, -0.1) is 0 Å². The van der Waals surface area contributed by atoms with Gasteiger partial charge in [0.05, 0.1) is 18.0 Å².